The van der Waals surface area contributed by atoms with Gasteiger partial charge in [-0.1, -0.05) is 42.2 Å². The van der Waals surface area contributed by atoms with E-state index in [9.17, 15) is 0 Å². The molecule has 102 valence electrons. The summed E-state index contributed by atoms with van der Waals surface area (Å²) in [6.07, 6.45) is 0.747. The Morgan fingerprint density at radius 1 is 1.05 bits per heavy atom. The smallest absolute Gasteiger partial charge is 0.284 e. The number of aromatic amines is 1. The van der Waals surface area contributed by atoms with Crippen molar-refractivity contribution in [3.63, 3.8) is 0 Å². The maximum absolute atomic E-state index is 5.26. The van der Waals surface area contributed by atoms with Gasteiger partial charge in [-0.25, -0.2) is 5.10 Å². The van der Waals surface area contributed by atoms with Crippen molar-refractivity contribution < 1.29 is 4.42 Å². The molecule has 4 heteroatoms. The summed E-state index contributed by atoms with van der Waals surface area (Å²) in [5, 5.41) is 6.59. The maximum Gasteiger partial charge on any atom is 0.284 e. The summed E-state index contributed by atoms with van der Waals surface area (Å²) in [6, 6.07) is 17.9. The molecule has 0 atom stereocenters. The van der Waals surface area contributed by atoms with Crippen molar-refractivity contribution in [2.75, 3.05) is 0 Å². The third kappa shape index (κ3) is 3.47. The van der Waals surface area contributed by atoms with Crippen molar-refractivity contribution in [1.29, 1.82) is 0 Å². The number of benzene rings is 2. The van der Waals surface area contributed by atoms with Crippen molar-refractivity contribution in [1.82, 2.24) is 10.2 Å². The molecule has 0 aliphatic carbocycles. The lowest BCUT2D eigenvalue weighted by molar-refractivity contribution is 0.552. The number of rotatable bonds is 2. The van der Waals surface area contributed by atoms with Crippen LogP contribution in [0.25, 0.3) is 11.5 Å². The van der Waals surface area contributed by atoms with Crippen LogP contribution < -0.4 is 0 Å². The molecule has 1 N–H and O–H groups in total. The molecule has 3 nitrogen and oxygen atoms in total. The average molecular weight is 292 g/mol. The molecule has 3 aromatic rings. The van der Waals surface area contributed by atoms with E-state index < -0.39 is 0 Å². The van der Waals surface area contributed by atoms with E-state index >= 15 is 0 Å². The van der Waals surface area contributed by atoms with Gasteiger partial charge < -0.3 is 4.42 Å². The number of hydrogen-bond acceptors (Lipinski definition) is 3. The first-order valence-electron chi connectivity index (χ1n) is 6.50. The van der Waals surface area contributed by atoms with Crippen LogP contribution in [-0.2, 0) is 6.42 Å². The zero-order valence-corrected chi connectivity index (χ0v) is 12.0. The van der Waals surface area contributed by atoms with E-state index in [1.54, 1.807) is 0 Å². The molecule has 0 bridgehead atoms. The molecule has 0 saturated heterocycles. The van der Waals surface area contributed by atoms with E-state index in [4.69, 9.17) is 16.6 Å². The van der Waals surface area contributed by atoms with Gasteiger partial charge in [0.05, 0.1) is 0 Å². The first-order valence-corrected chi connectivity index (χ1v) is 6.91. The second kappa shape index (κ2) is 6.21. The molecule has 0 radical (unpaired) electrons. The van der Waals surface area contributed by atoms with Crippen molar-refractivity contribution in [2.45, 2.75) is 6.42 Å². The molecule has 1 aromatic heterocycles. The highest BCUT2D eigenvalue weighted by molar-refractivity contribution is 7.71. The van der Waals surface area contributed by atoms with Gasteiger partial charge in [0, 0.05) is 17.5 Å². The zero-order valence-electron chi connectivity index (χ0n) is 11.2. The molecule has 0 spiro atoms. The Bertz CT molecular complexity index is 836. The van der Waals surface area contributed by atoms with E-state index in [2.05, 4.69) is 34.2 Å². The predicted octanol–water partition coefficient (Wildman–Crippen LogP) is 3.99. The molecular weight excluding hydrogens is 280 g/mol. The number of H-pyrrole nitrogens is 1. The summed E-state index contributed by atoms with van der Waals surface area (Å²) in [6.45, 7) is 0. The van der Waals surface area contributed by atoms with E-state index in [-0.39, 0.29) is 4.84 Å². The van der Waals surface area contributed by atoms with E-state index in [0.717, 1.165) is 17.5 Å². The Hall–Kier alpha value is -2.64. The first-order chi connectivity index (χ1) is 10.3. The molecule has 0 amide bonds. The van der Waals surface area contributed by atoms with Crippen molar-refractivity contribution in [3.05, 3.63) is 70.6 Å². The lowest BCUT2D eigenvalue weighted by Crippen LogP contribution is -1.81. The Balaban J connectivity index is 1.72. The lowest BCUT2D eigenvalue weighted by atomic mass is 10.1. The molecule has 3 rings (SSSR count). The quantitative estimate of drug-likeness (QED) is 0.573. The third-order valence-electron chi connectivity index (χ3n) is 2.94. The molecule has 0 aliphatic heterocycles. The highest BCUT2D eigenvalue weighted by Crippen LogP contribution is 2.16. The minimum Gasteiger partial charge on any atom is -0.409 e. The first kappa shape index (κ1) is 13.3. The van der Waals surface area contributed by atoms with Gasteiger partial charge >= 0.3 is 0 Å². The topological polar surface area (TPSA) is 41.8 Å². The predicted molar refractivity (Wildman–Crippen MR) is 84.1 cm³/mol. The van der Waals surface area contributed by atoms with E-state index in [1.165, 1.54) is 5.56 Å². The van der Waals surface area contributed by atoms with Gasteiger partial charge in [0.1, 0.15) is 0 Å². The summed E-state index contributed by atoms with van der Waals surface area (Å²) in [4.78, 5) is 0.275. The molecule has 0 unspecified atom stereocenters. The van der Waals surface area contributed by atoms with Crippen LogP contribution in [0.2, 0.25) is 0 Å². The zero-order chi connectivity index (χ0) is 14.5. The number of hydrogen-bond donors (Lipinski definition) is 1. The number of nitrogens with one attached hydrogen (secondary N) is 1. The van der Waals surface area contributed by atoms with Gasteiger partial charge in [-0.15, -0.1) is 5.10 Å². The highest BCUT2D eigenvalue weighted by atomic mass is 32.1. The van der Waals surface area contributed by atoms with Gasteiger partial charge in [0.25, 0.3) is 4.84 Å². The van der Waals surface area contributed by atoms with Crippen molar-refractivity contribution in [2.24, 2.45) is 0 Å². The summed E-state index contributed by atoms with van der Waals surface area (Å²) in [5.74, 6) is 6.81. The van der Waals surface area contributed by atoms with Crippen LogP contribution in [0.15, 0.2) is 59.0 Å². The minimum atomic E-state index is 0.275. The Kier molecular flexibility index (Phi) is 3.95. The summed E-state index contributed by atoms with van der Waals surface area (Å²) in [5.41, 5.74) is 3.05. The number of nitrogens with zero attached hydrogens (tertiary/aromatic N) is 1. The van der Waals surface area contributed by atoms with Crippen LogP contribution in [0.4, 0.5) is 0 Å². The summed E-state index contributed by atoms with van der Waals surface area (Å²) < 4.78 is 5.26. The molecule has 0 aliphatic rings. The van der Waals surface area contributed by atoms with Crippen LogP contribution in [0.3, 0.4) is 0 Å². The fourth-order valence-electron chi connectivity index (χ4n) is 1.89. The van der Waals surface area contributed by atoms with Gasteiger partial charge in [-0.05, 0) is 42.0 Å². The van der Waals surface area contributed by atoms with E-state index in [0.29, 0.717) is 5.89 Å². The average Bonchev–Trinajstić information content (AvgIpc) is 2.96. The lowest BCUT2D eigenvalue weighted by Gasteiger charge is -1.95. The van der Waals surface area contributed by atoms with Crippen LogP contribution in [-0.4, -0.2) is 10.2 Å². The second-order valence-corrected chi connectivity index (χ2v) is 4.83. The number of aromatic nitrogens is 2. The SMILES string of the molecule is S=c1[nH]nc(-c2ccc(C#CCc3ccccc3)cc2)o1. The Morgan fingerprint density at radius 3 is 2.48 bits per heavy atom. The van der Waals surface area contributed by atoms with Crippen molar-refractivity contribution in [3.8, 4) is 23.3 Å². The van der Waals surface area contributed by atoms with Gasteiger partial charge in [-0.3, -0.25) is 0 Å². The molecule has 2 aromatic carbocycles. The van der Waals surface area contributed by atoms with Gasteiger partial charge in [0.15, 0.2) is 0 Å². The van der Waals surface area contributed by atoms with E-state index in [1.807, 2.05) is 42.5 Å². The highest BCUT2D eigenvalue weighted by Gasteiger charge is 2.02. The van der Waals surface area contributed by atoms with Gasteiger partial charge in [-0.2, -0.15) is 0 Å². The normalized spacial score (nSPS) is 9.90. The minimum absolute atomic E-state index is 0.275. The second-order valence-electron chi connectivity index (χ2n) is 4.46. The standard InChI is InChI=1S/C17H12N2OS/c21-17-19-18-16(20-17)15-11-9-14(10-12-15)8-4-7-13-5-2-1-3-6-13/h1-3,5-6,9-12H,7H2,(H,19,21). The molecular formula is C17H12N2OS. The van der Waals surface area contributed by atoms with Crippen LogP contribution in [0.1, 0.15) is 11.1 Å². The van der Waals surface area contributed by atoms with Crippen molar-refractivity contribution >= 4 is 12.2 Å². The van der Waals surface area contributed by atoms with Crippen LogP contribution in [0, 0.1) is 16.7 Å². The largest absolute Gasteiger partial charge is 0.409 e. The fourth-order valence-corrected chi connectivity index (χ4v) is 2.02. The Labute approximate surface area is 127 Å². The third-order valence-corrected chi connectivity index (χ3v) is 3.11. The van der Waals surface area contributed by atoms with Crippen LogP contribution in [0.5, 0.6) is 0 Å². The fraction of sp³-hybridized carbons (Fsp3) is 0.0588. The monoisotopic (exact) mass is 292 g/mol. The molecule has 0 saturated carbocycles. The molecule has 0 fully saturated rings. The summed E-state index contributed by atoms with van der Waals surface area (Å²) >= 11 is 4.86. The molecule has 21 heavy (non-hydrogen) atoms. The molecule has 1 heterocycles. The van der Waals surface area contributed by atoms with Gasteiger partial charge in [0.2, 0.25) is 5.89 Å². The van der Waals surface area contributed by atoms with Crippen LogP contribution >= 0.6 is 12.2 Å². The Morgan fingerprint density at radius 2 is 1.81 bits per heavy atom. The maximum atomic E-state index is 5.26. The summed E-state index contributed by atoms with van der Waals surface area (Å²) in [7, 11) is 0.